The van der Waals surface area contributed by atoms with E-state index in [1.165, 1.54) is 0 Å². The Bertz CT molecular complexity index is 1030. The van der Waals surface area contributed by atoms with E-state index in [2.05, 4.69) is 15.9 Å². The van der Waals surface area contributed by atoms with Gasteiger partial charge in [-0.15, -0.1) is 11.3 Å². The van der Waals surface area contributed by atoms with Crippen molar-refractivity contribution in [1.82, 2.24) is 4.98 Å². The molecule has 2 aromatic carbocycles. The molecule has 6 heteroatoms. The van der Waals surface area contributed by atoms with Crippen LogP contribution in [-0.2, 0) is 17.8 Å². The molecule has 0 unspecified atom stereocenters. The Morgan fingerprint density at radius 3 is 2.69 bits per heavy atom. The molecule has 0 atom stereocenters. The zero-order valence-electron chi connectivity index (χ0n) is 13.8. The van der Waals surface area contributed by atoms with Gasteiger partial charge in [0.05, 0.1) is 23.2 Å². The summed E-state index contributed by atoms with van der Waals surface area (Å²) < 4.78 is 2.08. The van der Waals surface area contributed by atoms with Gasteiger partial charge in [0.25, 0.3) is 0 Å². The minimum absolute atomic E-state index is 0.0643. The summed E-state index contributed by atoms with van der Waals surface area (Å²) >= 11 is 6.65. The van der Waals surface area contributed by atoms with Crippen LogP contribution in [0.5, 0.6) is 0 Å². The second-order valence-electron chi connectivity index (χ2n) is 5.83. The van der Waals surface area contributed by atoms with Crippen LogP contribution < -0.4 is 4.90 Å². The monoisotopic (exact) mass is 442 g/mol. The highest BCUT2D eigenvalue weighted by Crippen LogP contribution is 2.32. The van der Waals surface area contributed by atoms with Gasteiger partial charge in [-0.25, -0.2) is 4.98 Å². The molecular weight excluding hydrogens is 428 g/mol. The van der Waals surface area contributed by atoms with E-state index in [1.807, 2.05) is 66.0 Å². The topological polar surface area (TPSA) is 33.2 Å². The van der Waals surface area contributed by atoms with Gasteiger partial charge in [-0.1, -0.05) is 63.7 Å². The summed E-state index contributed by atoms with van der Waals surface area (Å²) in [5.41, 5.74) is 2.00. The third-order valence-corrected chi connectivity index (χ3v) is 6.37. The number of thiophene rings is 1. The lowest BCUT2D eigenvalue weighted by molar-refractivity contribution is -0.118. The van der Waals surface area contributed by atoms with E-state index in [0.717, 1.165) is 30.3 Å². The van der Waals surface area contributed by atoms with E-state index in [4.69, 9.17) is 4.98 Å². The van der Waals surface area contributed by atoms with Crippen LogP contribution >= 0.6 is 38.6 Å². The Kier molecular flexibility index (Phi) is 5.15. The number of carbonyl (C=O) groups is 1. The zero-order chi connectivity index (χ0) is 17.9. The lowest BCUT2D eigenvalue weighted by atomic mass is 10.2. The van der Waals surface area contributed by atoms with Gasteiger partial charge in [0.15, 0.2) is 5.13 Å². The van der Waals surface area contributed by atoms with E-state index in [1.54, 1.807) is 27.6 Å². The van der Waals surface area contributed by atoms with E-state index >= 15 is 0 Å². The van der Waals surface area contributed by atoms with Crippen molar-refractivity contribution in [3.8, 4) is 0 Å². The highest BCUT2D eigenvalue weighted by Gasteiger charge is 2.21. The van der Waals surface area contributed by atoms with Gasteiger partial charge < -0.3 is 0 Å². The van der Waals surface area contributed by atoms with Crippen LogP contribution in [0.25, 0.3) is 10.2 Å². The standard InChI is InChI=1S/C20H15BrN2OS2/c21-15-8-9-17-18(11-15)26-20(22-17)23(13-14-5-2-1-3-6-14)19(24)12-16-7-4-10-25-16/h1-11H,12-13H2. The van der Waals surface area contributed by atoms with Crippen molar-refractivity contribution >= 4 is 59.9 Å². The van der Waals surface area contributed by atoms with E-state index < -0.39 is 0 Å². The van der Waals surface area contributed by atoms with Crippen molar-refractivity contribution < 1.29 is 4.79 Å². The second kappa shape index (κ2) is 7.70. The van der Waals surface area contributed by atoms with Crippen LogP contribution in [0.4, 0.5) is 5.13 Å². The highest BCUT2D eigenvalue weighted by atomic mass is 79.9. The fraction of sp³-hybridized carbons (Fsp3) is 0.100. The highest BCUT2D eigenvalue weighted by molar-refractivity contribution is 9.10. The SMILES string of the molecule is O=C(Cc1cccs1)N(Cc1ccccc1)c1nc2ccc(Br)cc2s1. The molecule has 0 spiro atoms. The fourth-order valence-electron chi connectivity index (χ4n) is 2.69. The summed E-state index contributed by atoms with van der Waals surface area (Å²) in [6, 6.07) is 20.0. The first-order valence-corrected chi connectivity index (χ1v) is 10.6. The normalized spacial score (nSPS) is 11.0. The lowest BCUT2D eigenvalue weighted by Gasteiger charge is -2.19. The molecule has 4 aromatic rings. The average molecular weight is 443 g/mol. The molecule has 2 heterocycles. The first kappa shape index (κ1) is 17.4. The minimum atomic E-state index is 0.0643. The molecule has 0 saturated carbocycles. The Morgan fingerprint density at radius 1 is 1.08 bits per heavy atom. The number of halogens is 1. The fourth-order valence-corrected chi connectivity index (χ4v) is 4.92. The van der Waals surface area contributed by atoms with Gasteiger partial charge in [-0.2, -0.15) is 0 Å². The molecule has 0 aliphatic carbocycles. The number of thiazole rings is 1. The number of rotatable bonds is 5. The average Bonchev–Trinajstić information content (AvgIpc) is 3.29. The number of fused-ring (bicyclic) bond motifs is 1. The largest absolute Gasteiger partial charge is 0.283 e. The number of aromatic nitrogens is 1. The lowest BCUT2D eigenvalue weighted by Crippen LogP contribution is -2.31. The number of nitrogens with zero attached hydrogens (tertiary/aromatic N) is 2. The molecule has 130 valence electrons. The van der Waals surface area contributed by atoms with Crippen molar-refractivity contribution in [1.29, 1.82) is 0 Å². The smallest absolute Gasteiger partial charge is 0.234 e. The third kappa shape index (κ3) is 3.87. The maximum absolute atomic E-state index is 13.0. The van der Waals surface area contributed by atoms with Gasteiger partial charge in [-0.05, 0) is 35.2 Å². The summed E-state index contributed by atoms with van der Waals surface area (Å²) in [6.45, 7) is 0.520. The molecule has 0 aliphatic rings. The summed E-state index contributed by atoms with van der Waals surface area (Å²) in [6.07, 6.45) is 0.393. The Hall–Kier alpha value is -2.02. The molecule has 2 aromatic heterocycles. The molecule has 0 N–H and O–H groups in total. The molecule has 0 fully saturated rings. The Labute approximate surface area is 168 Å². The number of anilines is 1. The second-order valence-corrected chi connectivity index (χ2v) is 8.79. The molecular formula is C20H15BrN2OS2. The molecule has 1 amide bonds. The first-order valence-electron chi connectivity index (χ1n) is 8.12. The summed E-state index contributed by atoms with van der Waals surface area (Å²) in [5, 5.41) is 2.74. The van der Waals surface area contributed by atoms with Crippen LogP contribution in [0.3, 0.4) is 0 Å². The van der Waals surface area contributed by atoms with Gasteiger partial charge in [0, 0.05) is 9.35 Å². The number of benzene rings is 2. The van der Waals surface area contributed by atoms with Crippen molar-refractivity contribution in [3.05, 3.63) is 81.0 Å². The molecule has 3 nitrogen and oxygen atoms in total. The number of carbonyl (C=O) groups excluding carboxylic acids is 1. The number of hydrogen-bond acceptors (Lipinski definition) is 4. The summed E-state index contributed by atoms with van der Waals surface area (Å²) in [5.74, 6) is 0.0643. The van der Waals surface area contributed by atoms with Crippen molar-refractivity contribution in [2.24, 2.45) is 0 Å². The molecule has 4 rings (SSSR count). The van der Waals surface area contributed by atoms with Crippen LogP contribution in [-0.4, -0.2) is 10.9 Å². The van der Waals surface area contributed by atoms with Crippen molar-refractivity contribution in [2.45, 2.75) is 13.0 Å². The van der Waals surface area contributed by atoms with Gasteiger partial charge in [0.1, 0.15) is 0 Å². The molecule has 0 aliphatic heterocycles. The predicted molar refractivity (Wildman–Crippen MR) is 113 cm³/mol. The quantitative estimate of drug-likeness (QED) is 0.385. The summed E-state index contributed by atoms with van der Waals surface area (Å²) in [7, 11) is 0. The van der Waals surface area contributed by atoms with Crippen molar-refractivity contribution in [3.63, 3.8) is 0 Å². The van der Waals surface area contributed by atoms with Crippen LogP contribution in [0.1, 0.15) is 10.4 Å². The molecule has 0 saturated heterocycles. The van der Waals surface area contributed by atoms with Crippen molar-refractivity contribution in [2.75, 3.05) is 4.90 Å². The third-order valence-electron chi connectivity index (χ3n) is 3.96. The summed E-state index contributed by atoms with van der Waals surface area (Å²) in [4.78, 5) is 20.6. The molecule has 26 heavy (non-hydrogen) atoms. The Morgan fingerprint density at radius 2 is 1.92 bits per heavy atom. The number of amides is 1. The van der Waals surface area contributed by atoms with Gasteiger partial charge >= 0.3 is 0 Å². The Balaban J connectivity index is 1.69. The first-order chi connectivity index (χ1) is 12.7. The maximum atomic E-state index is 13.0. The molecule has 0 bridgehead atoms. The number of hydrogen-bond donors (Lipinski definition) is 0. The van der Waals surface area contributed by atoms with Crippen LogP contribution in [0.15, 0.2) is 70.5 Å². The van der Waals surface area contributed by atoms with E-state index in [9.17, 15) is 4.79 Å². The van der Waals surface area contributed by atoms with Crippen LogP contribution in [0, 0.1) is 0 Å². The van der Waals surface area contributed by atoms with Crippen LogP contribution in [0.2, 0.25) is 0 Å². The van der Waals surface area contributed by atoms with E-state index in [-0.39, 0.29) is 5.91 Å². The molecule has 0 radical (unpaired) electrons. The van der Waals surface area contributed by atoms with Gasteiger partial charge in [-0.3, -0.25) is 9.69 Å². The maximum Gasteiger partial charge on any atom is 0.234 e. The minimum Gasteiger partial charge on any atom is -0.283 e. The predicted octanol–water partition coefficient (Wildman–Crippen LogP) is 5.90. The van der Waals surface area contributed by atoms with Gasteiger partial charge in [0.2, 0.25) is 5.91 Å². The van der Waals surface area contributed by atoms with E-state index in [0.29, 0.717) is 13.0 Å². The zero-order valence-corrected chi connectivity index (χ0v) is 17.0.